The molecule has 0 fully saturated rings. The van der Waals surface area contributed by atoms with Crippen molar-refractivity contribution in [1.29, 1.82) is 0 Å². The predicted octanol–water partition coefficient (Wildman–Crippen LogP) is 2.41. The van der Waals surface area contributed by atoms with E-state index in [2.05, 4.69) is 5.32 Å². The molecule has 0 unspecified atom stereocenters. The second-order valence-electron chi connectivity index (χ2n) is 5.55. The van der Waals surface area contributed by atoms with Crippen LogP contribution in [0.3, 0.4) is 0 Å². The van der Waals surface area contributed by atoms with E-state index >= 15 is 0 Å². The number of rotatable bonds is 7. The van der Waals surface area contributed by atoms with Gasteiger partial charge < -0.3 is 15.2 Å². The summed E-state index contributed by atoms with van der Waals surface area (Å²) >= 11 is 1.56. The fourth-order valence-corrected chi connectivity index (χ4v) is 2.87. The van der Waals surface area contributed by atoms with Crippen LogP contribution >= 0.6 is 11.3 Å². The minimum atomic E-state index is -0.986. The third kappa shape index (κ3) is 5.16. The molecule has 2 aromatic rings. The molecule has 1 heterocycles. The van der Waals surface area contributed by atoms with Crippen LogP contribution in [-0.4, -0.2) is 30.3 Å². The Labute approximate surface area is 134 Å². The average Bonchev–Trinajstić information content (AvgIpc) is 2.99. The zero-order valence-corrected chi connectivity index (χ0v) is 13.7. The van der Waals surface area contributed by atoms with Crippen molar-refractivity contribution in [2.75, 3.05) is 13.7 Å². The monoisotopic (exact) mass is 319 g/mol. The molecule has 22 heavy (non-hydrogen) atoms. The lowest BCUT2D eigenvalue weighted by atomic mass is 9.96. The van der Waals surface area contributed by atoms with E-state index in [4.69, 9.17) is 4.74 Å². The third-order valence-electron chi connectivity index (χ3n) is 3.33. The Kier molecular flexibility index (Phi) is 5.57. The molecule has 0 radical (unpaired) electrons. The van der Waals surface area contributed by atoms with Gasteiger partial charge in [0.25, 0.3) is 0 Å². The van der Waals surface area contributed by atoms with Gasteiger partial charge in [0.05, 0.1) is 19.1 Å². The third-order valence-corrected chi connectivity index (χ3v) is 4.20. The van der Waals surface area contributed by atoms with Crippen LogP contribution < -0.4 is 10.1 Å². The summed E-state index contributed by atoms with van der Waals surface area (Å²) in [5.41, 5.74) is 0.0120. The molecule has 0 saturated carbocycles. The van der Waals surface area contributed by atoms with Gasteiger partial charge in [0.1, 0.15) is 5.75 Å². The maximum absolute atomic E-state index is 11.9. The molecule has 0 saturated heterocycles. The van der Waals surface area contributed by atoms with Crippen molar-refractivity contribution in [1.82, 2.24) is 5.32 Å². The lowest BCUT2D eigenvalue weighted by Crippen LogP contribution is -2.42. The first kappa shape index (κ1) is 16.5. The highest BCUT2D eigenvalue weighted by Gasteiger charge is 2.22. The molecule has 5 heteroatoms. The molecule has 0 aliphatic rings. The lowest BCUT2D eigenvalue weighted by Gasteiger charge is -2.24. The van der Waals surface area contributed by atoms with Crippen LogP contribution in [0.2, 0.25) is 0 Å². The number of thiophene rings is 1. The Morgan fingerprint density at radius 3 is 2.64 bits per heavy atom. The second-order valence-corrected chi connectivity index (χ2v) is 6.59. The number of carbonyl (C=O) groups is 1. The molecule has 0 aliphatic carbocycles. The van der Waals surface area contributed by atoms with E-state index in [0.29, 0.717) is 12.8 Å². The van der Waals surface area contributed by atoms with Crippen molar-refractivity contribution < 1.29 is 14.6 Å². The molecule has 0 bridgehead atoms. The molecule has 1 aromatic heterocycles. The number of hydrogen-bond donors (Lipinski definition) is 2. The molecule has 1 amide bonds. The highest BCUT2D eigenvalue weighted by Crippen LogP contribution is 2.17. The fraction of sp³-hybridized carbons (Fsp3) is 0.353. The van der Waals surface area contributed by atoms with Gasteiger partial charge in [-0.25, -0.2) is 0 Å². The van der Waals surface area contributed by atoms with Crippen molar-refractivity contribution in [3.05, 3.63) is 52.2 Å². The number of hydrogen-bond acceptors (Lipinski definition) is 4. The molecule has 2 rings (SSSR count). The molecular formula is C17H21NO3S. The first-order valence-corrected chi connectivity index (χ1v) is 8.01. The molecule has 4 nitrogen and oxygen atoms in total. The van der Waals surface area contributed by atoms with Gasteiger partial charge in [0.2, 0.25) is 5.91 Å². The van der Waals surface area contributed by atoms with E-state index in [1.807, 2.05) is 41.8 Å². The number of amides is 1. The predicted molar refractivity (Wildman–Crippen MR) is 88.4 cm³/mol. The Morgan fingerprint density at radius 1 is 1.32 bits per heavy atom. The Hall–Kier alpha value is -1.85. The normalized spacial score (nSPS) is 13.4. The number of benzene rings is 1. The molecule has 0 spiro atoms. The number of ether oxygens (including phenoxy) is 1. The van der Waals surface area contributed by atoms with Gasteiger partial charge >= 0.3 is 0 Å². The van der Waals surface area contributed by atoms with Crippen molar-refractivity contribution >= 4 is 17.2 Å². The van der Waals surface area contributed by atoms with E-state index in [1.54, 1.807) is 25.4 Å². The highest BCUT2D eigenvalue weighted by molar-refractivity contribution is 7.10. The number of nitrogens with one attached hydrogen (secondary N) is 1. The van der Waals surface area contributed by atoms with Crippen LogP contribution in [0.5, 0.6) is 5.75 Å². The van der Waals surface area contributed by atoms with Crippen LogP contribution in [0.15, 0.2) is 41.8 Å². The van der Waals surface area contributed by atoms with E-state index in [-0.39, 0.29) is 12.5 Å². The number of methoxy groups -OCH3 is 1. The quantitative estimate of drug-likeness (QED) is 0.824. The van der Waals surface area contributed by atoms with Crippen LogP contribution in [0, 0.1) is 0 Å². The summed E-state index contributed by atoms with van der Waals surface area (Å²) in [4.78, 5) is 12.9. The molecule has 1 aromatic carbocycles. The summed E-state index contributed by atoms with van der Waals surface area (Å²) in [6, 6.07) is 11.4. The van der Waals surface area contributed by atoms with Crippen LogP contribution in [0.1, 0.15) is 17.4 Å². The maximum Gasteiger partial charge on any atom is 0.225 e. The largest absolute Gasteiger partial charge is 0.497 e. The standard InChI is InChI=1S/C17H21NO3S/c1-17(20,11-13-5-7-14(21-2)8-6-13)12-18-16(19)10-15-4-3-9-22-15/h3-9,20H,10-12H2,1-2H3,(H,18,19)/t17-/m0/s1. The van der Waals surface area contributed by atoms with E-state index < -0.39 is 5.60 Å². The van der Waals surface area contributed by atoms with Crippen LogP contribution in [0.4, 0.5) is 0 Å². The smallest absolute Gasteiger partial charge is 0.225 e. The van der Waals surface area contributed by atoms with E-state index in [9.17, 15) is 9.90 Å². The summed E-state index contributed by atoms with van der Waals surface area (Å²) in [5, 5.41) is 15.2. The minimum absolute atomic E-state index is 0.0718. The van der Waals surface area contributed by atoms with Crippen LogP contribution in [0.25, 0.3) is 0 Å². The van der Waals surface area contributed by atoms with Crippen LogP contribution in [-0.2, 0) is 17.6 Å². The van der Waals surface area contributed by atoms with Gasteiger partial charge in [-0.1, -0.05) is 18.2 Å². The first-order chi connectivity index (χ1) is 10.5. The van der Waals surface area contributed by atoms with Gasteiger partial charge in [-0.2, -0.15) is 0 Å². The lowest BCUT2D eigenvalue weighted by molar-refractivity contribution is -0.121. The first-order valence-electron chi connectivity index (χ1n) is 7.13. The average molecular weight is 319 g/mol. The van der Waals surface area contributed by atoms with Crippen molar-refractivity contribution in [2.24, 2.45) is 0 Å². The van der Waals surface area contributed by atoms with Crippen molar-refractivity contribution in [2.45, 2.75) is 25.4 Å². The van der Waals surface area contributed by atoms with Gasteiger partial charge in [-0.05, 0) is 36.1 Å². The zero-order valence-electron chi connectivity index (χ0n) is 12.8. The maximum atomic E-state index is 11.9. The molecule has 1 atom stereocenters. The summed E-state index contributed by atoms with van der Waals surface area (Å²) in [5.74, 6) is 0.713. The summed E-state index contributed by atoms with van der Waals surface area (Å²) < 4.78 is 5.11. The Morgan fingerprint density at radius 2 is 2.05 bits per heavy atom. The van der Waals surface area contributed by atoms with Gasteiger partial charge in [0, 0.05) is 17.8 Å². The Balaban J connectivity index is 1.83. The SMILES string of the molecule is COc1ccc(C[C@](C)(O)CNC(=O)Cc2cccs2)cc1. The topological polar surface area (TPSA) is 58.6 Å². The number of carbonyl (C=O) groups excluding carboxylic acids is 1. The minimum Gasteiger partial charge on any atom is -0.497 e. The molecule has 118 valence electrons. The molecular weight excluding hydrogens is 298 g/mol. The van der Waals surface area contributed by atoms with Gasteiger partial charge in [0.15, 0.2) is 0 Å². The van der Waals surface area contributed by atoms with E-state index in [0.717, 1.165) is 16.2 Å². The highest BCUT2D eigenvalue weighted by atomic mass is 32.1. The molecule has 0 aliphatic heterocycles. The van der Waals surface area contributed by atoms with Crippen molar-refractivity contribution in [3.8, 4) is 5.75 Å². The second kappa shape index (κ2) is 7.42. The zero-order chi connectivity index (χ0) is 16.0. The fourth-order valence-electron chi connectivity index (χ4n) is 2.17. The summed E-state index contributed by atoms with van der Waals surface area (Å²) in [7, 11) is 1.62. The van der Waals surface area contributed by atoms with Gasteiger partial charge in [-0.3, -0.25) is 4.79 Å². The Bertz CT molecular complexity index is 591. The summed E-state index contributed by atoms with van der Waals surface area (Å²) in [6.07, 6.45) is 0.826. The number of aliphatic hydroxyl groups is 1. The van der Waals surface area contributed by atoms with E-state index in [1.165, 1.54) is 0 Å². The van der Waals surface area contributed by atoms with Gasteiger partial charge in [-0.15, -0.1) is 11.3 Å². The molecule has 2 N–H and O–H groups in total. The summed E-state index contributed by atoms with van der Waals surface area (Å²) in [6.45, 7) is 1.95. The van der Waals surface area contributed by atoms with Crippen molar-refractivity contribution in [3.63, 3.8) is 0 Å².